The third-order valence-electron chi connectivity index (χ3n) is 3.83. The fourth-order valence-electron chi connectivity index (χ4n) is 2.78. The number of carbonyl (C=O) groups excluding carboxylic acids is 3. The monoisotopic (exact) mass is 325 g/mol. The molecule has 2 amide bonds. The molecule has 6 nitrogen and oxygen atoms in total. The number of carbonyl (C=O) groups is 3. The van der Waals surface area contributed by atoms with Gasteiger partial charge in [-0.05, 0) is 49.2 Å². The van der Waals surface area contributed by atoms with Gasteiger partial charge in [-0.15, -0.1) is 0 Å². The first-order chi connectivity index (χ1) is 11.4. The number of nitrogens with zero attached hydrogens (tertiary/aromatic N) is 1. The van der Waals surface area contributed by atoms with Crippen LogP contribution in [0.15, 0.2) is 36.4 Å². The molecule has 3 rings (SSSR count). The first-order valence-corrected chi connectivity index (χ1v) is 7.29. The maximum Gasteiger partial charge on any atom is 0.363 e. The molecule has 0 unspecified atom stereocenters. The lowest BCUT2D eigenvalue weighted by Gasteiger charge is -2.14. The van der Waals surface area contributed by atoms with Crippen molar-refractivity contribution in [3.8, 4) is 5.75 Å². The molecule has 122 valence electrons. The largest absolute Gasteiger partial charge is 0.496 e. The van der Waals surface area contributed by atoms with Crippen molar-refractivity contribution in [2.75, 3.05) is 7.11 Å². The molecular formula is C18H15NO5. The topological polar surface area (TPSA) is 72.9 Å². The first-order valence-electron chi connectivity index (χ1n) is 7.29. The normalized spacial score (nSPS) is 13.0. The molecule has 0 saturated carbocycles. The Morgan fingerprint density at radius 1 is 0.958 bits per heavy atom. The zero-order valence-corrected chi connectivity index (χ0v) is 13.5. The van der Waals surface area contributed by atoms with Crippen molar-refractivity contribution in [2.45, 2.75) is 13.8 Å². The summed E-state index contributed by atoms with van der Waals surface area (Å²) in [5.74, 6) is -1.40. The van der Waals surface area contributed by atoms with Crippen molar-refractivity contribution < 1.29 is 24.0 Å². The molecule has 6 heteroatoms. The smallest absolute Gasteiger partial charge is 0.363 e. The van der Waals surface area contributed by atoms with Gasteiger partial charge in [-0.3, -0.25) is 9.59 Å². The third-order valence-corrected chi connectivity index (χ3v) is 3.83. The quantitative estimate of drug-likeness (QED) is 0.811. The van der Waals surface area contributed by atoms with E-state index in [0.29, 0.717) is 10.8 Å². The second-order valence-electron chi connectivity index (χ2n) is 5.47. The van der Waals surface area contributed by atoms with Crippen molar-refractivity contribution in [2.24, 2.45) is 0 Å². The van der Waals surface area contributed by atoms with E-state index in [2.05, 4.69) is 0 Å². The number of rotatable bonds is 3. The van der Waals surface area contributed by atoms with Crippen LogP contribution in [-0.4, -0.2) is 30.0 Å². The number of ether oxygens (including phenoxy) is 1. The van der Waals surface area contributed by atoms with Crippen LogP contribution in [0.1, 0.15) is 42.2 Å². The van der Waals surface area contributed by atoms with E-state index in [4.69, 9.17) is 9.57 Å². The summed E-state index contributed by atoms with van der Waals surface area (Å²) in [6.45, 7) is 3.59. The highest BCUT2D eigenvalue weighted by Gasteiger charge is 2.38. The lowest BCUT2D eigenvalue weighted by atomic mass is 10.1. The molecule has 24 heavy (non-hydrogen) atoms. The molecule has 0 bridgehead atoms. The third kappa shape index (κ3) is 2.42. The molecule has 0 aromatic heterocycles. The van der Waals surface area contributed by atoms with Crippen LogP contribution < -0.4 is 4.74 Å². The summed E-state index contributed by atoms with van der Waals surface area (Å²) in [4.78, 5) is 41.8. The van der Waals surface area contributed by atoms with Crippen molar-refractivity contribution in [3.63, 3.8) is 0 Å². The number of hydrogen-bond donors (Lipinski definition) is 0. The van der Waals surface area contributed by atoms with Crippen LogP contribution in [0, 0.1) is 13.8 Å². The van der Waals surface area contributed by atoms with Gasteiger partial charge in [-0.2, -0.15) is 0 Å². The van der Waals surface area contributed by atoms with E-state index in [9.17, 15) is 14.4 Å². The molecule has 1 aliphatic rings. The van der Waals surface area contributed by atoms with Crippen LogP contribution in [0.3, 0.4) is 0 Å². The lowest BCUT2D eigenvalue weighted by molar-refractivity contribution is -0.0584. The van der Waals surface area contributed by atoms with Crippen molar-refractivity contribution in [1.82, 2.24) is 5.06 Å². The Balaban J connectivity index is 1.87. The van der Waals surface area contributed by atoms with E-state index in [1.54, 1.807) is 45.2 Å². The zero-order valence-electron chi connectivity index (χ0n) is 13.5. The van der Waals surface area contributed by atoms with Gasteiger partial charge in [0.25, 0.3) is 11.8 Å². The molecule has 0 saturated heterocycles. The number of hydrogen-bond acceptors (Lipinski definition) is 5. The van der Waals surface area contributed by atoms with Crippen LogP contribution in [-0.2, 0) is 4.84 Å². The summed E-state index contributed by atoms with van der Waals surface area (Å²) < 4.78 is 5.25. The molecule has 2 aromatic rings. The van der Waals surface area contributed by atoms with E-state index in [0.717, 1.165) is 11.1 Å². The van der Waals surface area contributed by atoms with Crippen molar-refractivity contribution in [3.05, 3.63) is 64.2 Å². The van der Waals surface area contributed by atoms with Crippen LogP contribution in [0.5, 0.6) is 5.75 Å². The van der Waals surface area contributed by atoms with Crippen LogP contribution in [0.4, 0.5) is 0 Å². The molecular weight excluding hydrogens is 310 g/mol. The molecule has 2 aromatic carbocycles. The van der Waals surface area contributed by atoms with Crippen molar-refractivity contribution in [1.29, 1.82) is 0 Å². The minimum absolute atomic E-state index is 0.220. The van der Waals surface area contributed by atoms with Gasteiger partial charge in [0.05, 0.1) is 23.8 Å². The molecule has 1 heterocycles. The molecule has 0 aliphatic carbocycles. The maximum atomic E-state index is 12.3. The maximum absolute atomic E-state index is 12.3. The van der Waals surface area contributed by atoms with E-state index in [1.165, 1.54) is 12.1 Å². The number of aryl methyl sites for hydroxylation is 2. The summed E-state index contributed by atoms with van der Waals surface area (Å²) in [7, 11) is 1.55. The molecule has 0 fully saturated rings. The second-order valence-corrected chi connectivity index (χ2v) is 5.47. The Bertz CT molecular complexity index is 813. The Kier molecular flexibility index (Phi) is 3.81. The molecule has 0 N–H and O–H groups in total. The standard InChI is InChI=1S/C18H15NO5/c1-10-8-12(9-11(2)15(10)23-3)18(22)24-19-16(20)13-6-4-5-7-14(13)17(19)21/h4-9H,1-3H3. The zero-order chi connectivity index (χ0) is 17.4. The van der Waals surface area contributed by atoms with Gasteiger partial charge < -0.3 is 9.57 Å². The number of fused-ring (bicyclic) bond motifs is 1. The van der Waals surface area contributed by atoms with Crippen LogP contribution in [0.25, 0.3) is 0 Å². The Morgan fingerprint density at radius 2 is 1.46 bits per heavy atom. The minimum atomic E-state index is -0.779. The van der Waals surface area contributed by atoms with E-state index in [-0.39, 0.29) is 16.7 Å². The molecule has 0 atom stereocenters. The lowest BCUT2D eigenvalue weighted by Crippen LogP contribution is -2.32. The fourth-order valence-corrected chi connectivity index (χ4v) is 2.78. The number of methoxy groups -OCH3 is 1. The number of amides is 2. The van der Waals surface area contributed by atoms with E-state index < -0.39 is 17.8 Å². The Morgan fingerprint density at radius 3 is 1.92 bits per heavy atom. The summed E-state index contributed by atoms with van der Waals surface area (Å²) in [6, 6.07) is 9.51. The predicted octanol–water partition coefficient (Wildman–Crippen LogP) is 2.68. The highest BCUT2D eigenvalue weighted by Crippen LogP contribution is 2.26. The number of benzene rings is 2. The predicted molar refractivity (Wildman–Crippen MR) is 84.8 cm³/mol. The molecule has 0 spiro atoms. The Hall–Kier alpha value is -3.15. The Labute approximate surface area is 138 Å². The van der Waals surface area contributed by atoms with Gasteiger partial charge in [0.1, 0.15) is 5.75 Å². The van der Waals surface area contributed by atoms with Gasteiger partial charge in [-0.1, -0.05) is 17.2 Å². The molecule has 0 radical (unpaired) electrons. The summed E-state index contributed by atoms with van der Waals surface area (Å²) in [5, 5.41) is 0.502. The van der Waals surface area contributed by atoms with Crippen LogP contribution in [0.2, 0.25) is 0 Å². The number of imide groups is 1. The highest BCUT2D eigenvalue weighted by molar-refractivity contribution is 6.21. The van der Waals surface area contributed by atoms with Crippen molar-refractivity contribution >= 4 is 17.8 Å². The SMILES string of the molecule is COc1c(C)cc(C(=O)ON2C(=O)c3ccccc3C2=O)cc1C. The van der Waals surface area contributed by atoms with E-state index in [1.807, 2.05) is 0 Å². The van der Waals surface area contributed by atoms with E-state index >= 15 is 0 Å². The average molecular weight is 325 g/mol. The van der Waals surface area contributed by atoms with Gasteiger partial charge >= 0.3 is 5.97 Å². The molecule has 1 aliphatic heterocycles. The van der Waals surface area contributed by atoms with Gasteiger partial charge in [0, 0.05) is 0 Å². The highest BCUT2D eigenvalue weighted by atomic mass is 16.7. The summed E-state index contributed by atoms with van der Waals surface area (Å²) in [6.07, 6.45) is 0. The van der Waals surface area contributed by atoms with Gasteiger partial charge in [-0.25, -0.2) is 4.79 Å². The van der Waals surface area contributed by atoms with Gasteiger partial charge in [0.2, 0.25) is 0 Å². The van der Waals surface area contributed by atoms with Crippen LogP contribution >= 0.6 is 0 Å². The second kappa shape index (κ2) is 5.81. The average Bonchev–Trinajstić information content (AvgIpc) is 2.80. The number of hydroxylamine groups is 2. The first kappa shape index (κ1) is 15.7. The minimum Gasteiger partial charge on any atom is -0.496 e. The summed E-state index contributed by atoms with van der Waals surface area (Å²) >= 11 is 0. The fraction of sp³-hybridized carbons (Fsp3) is 0.167. The van der Waals surface area contributed by atoms with Gasteiger partial charge in [0.15, 0.2) is 0 Å². The summed E-state index contributed by atoms with van der Waals surface area (Å²) in [5.41, 5.74) is 2.19.